The highest BCUT2D eigenvalue weighted by molar-refractivity contribution is 6.05. The van der Waals surface area contributed by atoms with Crippen molar-refractivity contribution in [2.45, 2.75) is 0 Å². The number of fused-ring (bicyclic) bond motifs is 1. The first-order valence-electron chi connectivity index (χ1n) is 3.93. The van der Waals surface area contributed by atoms with E-state index >= 15 is 0 Å². The summed E-state index contributed by atoms with van der Waals surface area (Å²) in [5.74, 6) is -1.67. The number of ether oxygens (including phenoxy) is 1. The van der Waals surface area contributed by atoms with Gasteiger partial charge in [0.1, 0.15) is 5.82 Å². The Morgan fingerprint density at radius 3 is 2.93 bits per heavy atom. The van der Waals surface area contributed by atoms with E-state index in [2.05, 4.69) is 10.1 Å². The van der Waals surface area contributed by atoms with Gasteiger partial charge < -0.3 is 10.1 Å². The third kappa shape index (κ3) is 1.44. The van der Waals surface area contributed by atoms with Crippen molar-refractivity contribution >= 4 is 17.6 Å². The first kappa shape index (κ1) is 8.68. The number of cyclic esters (lactones) is 1. The van der Waals surface area contributed by atoms with Crippen LogP contribution < -0.4 is 5.32 Å². The van der Waals surface area contributed by atoms with Crippen LogP contribution in [0.1, 0.15) is 10.4 Å². The fourth-order valence-corrected chi connectivity index (χ4v) is 1.19. The van der Waals surface area contributed by atoms with E-state index in [1.807, 2.05) is 0 Å². The summed E-state index contributed by atoms with van der Waals surface area (Å²) in [5, 5.41) is 2.43. The predicted octanol–water partition coefficient (Wildman–Crippen LogP) is 0.935. The van der Waals surface area contributed by atoms with Gasteiger partial charge in [0.2, 0.25) is 0 Å². The Balaban J connectivity index is 2.52. The van der Waals surface area contributed by atoms with Crippen LogP contribution in [0.15, 0.2) is 18.2 Å². The quantitative estimate of drug-likeness (QED) is 0.626. The minimum absolute atomic E-state index is 0.0378. The topological polar surface area (TPSA) is 55.4 Å². The van der Waals surface area contributed by atoms with Gasteiger partial charge in [0.15, 0.2) is 6.61 Å². The normalized spacial score (nSPS) is 15.2. The van der Waals surface area contributed by atoms with Gasteiger partial charge in [-0.3, -0.25) is 4.79 Å². The minimum atomic E-state index is -0.696. The molecule has 0 aromatic heterocycles. The number of esters is 1. The van der Waals surface area contributed by atoms with Crippen LogP contribution in [0.3, 0.4) is 0 Å². The molecule has 1 amide bonds. The average Bonchev–Trinajstić information content (AvgIpc) is 2.29. The van der Waals surface area contributed by atoms with E-state index in [0.717, 1.165) is 12.1 Å². The molecular formula is C9H6FNO3. The van der Waals surface area contributed by atoms with Gasteiger partial charge in [0.25, 0.3) is 5.91 Å². The summed E-state index contributed by atoms with van der Waals surface area (Å²) >= 11 is 0. The molecule has 0 saturated heterocycles. The summed E-state index contributed by atoms with van der Waals surface area (Å²) in [5.41, 5.74) is 0.315. The summed E-state index contributed by atoms with van der Waals surface area (Å²) in [6, 6.07) is 3.52. The lowest BCUT2D eigenvalue weighted by atomic mass is 10.2. The molecule has 0 atom stereocenters. The SMILES string of the molecule is O=C1COC(=O)c2cc(F)ccc2N1. The summed E-state index contributed by atoms with van der Waals surface area (Å²) in [6.07, 6.45) is 0. The first-order valence-corrected chi connectivity index (χ1v) is 3.93. The second-order valence-corrected chi connectivity index (χ2v) is 2.81. The molecule has 1 aliphatic heterocycles. The van der Waals surface area contributed by atoms with Gasteiger partial charge in [0.05, 0.1) is 11.3 Å². The summed E-state index contributed by atoms with van der Waals surface area (Å²) in [4.78, 5) is 22.2. The van der Waals surface area contributed by atoms with Gasteiger partial charge in [-0.15, -0.1) is 0 Å². The Morgan fingerprint density at radius 1 is 1.36 bits per heavy atom. The van der Waals surface area contributed by atoms with Crippen LogP contribution in [-0.2, 0) is 9.53 Å². The molecular weight excluding hydrogens is 189 g/mol. The average molecular weight is 195 g/mol. The zero-order valence-electron chi connectivity index (χ0n) is 7.04. The molecule has 1 aromatic carbocycles. The molecule has 0 fully saturated rings. The molecule has 1 aromatic rings. The van der Waals surface area contributed by atoms with Crippen molar-refractivity contribution in [3.8, 4) is 0 Å². The number of nitrogens with one attached hydrogen (secondary N) is 1. The number of hydrogen-bond acceptors (Lipinski definition) is 3. The van der Waals surface area contributed by atoms with Crippen molar-refractivity contribution in [2.24, 2.45) is 0 Å². The molecule has 1 N–H and O–H groups in total. The lowest BCUT2D eigenvalue weighted by Crippen LogP contribution is -2.15. The highest BCUT2D eigenvalue weighted by Crippen LogP contribution is 2.20. The van der Waals surface area contributed by atoms with Gasteiger partial charge in [-0.05, 0) is 18.2 Å². The van der Waals surface area contributed by atoms with Gasteiger partial charge in [-0.25, -0.2) is 9.18 Å². The van der Waals surface area contributed by atoms with E-state index in [-0.39, 0.29) is 17.9 Å². The van der Waals surface area contributed by atoms with E-state index in [4.69, 9.17) is 0 Å². The highest BCUT2D eigenvalue weighted by atomic mass is 19.1. The van der Waals surface area contributed by atoms with Crippen LogP contribution in [0.25, 0.3) is 0 Å². The van der Waals surface area contributed by atoms with Crippen molar-refractivity contribution in [3.05, 3.63) is 29.6 Å². The number of hydrogen-bond donors (Lipinski definition) is 1. The Morgan fingerprint density at radius 2 is 2.14 bits per heavy atom. The van der Waals surface area contributed by atoms with E-state index in [1.165, 1.54) is 6.07 Å². The van der Waals surface area contributed by atoms with E-state index in [1.54, 1.807) is 0 Å². The van der Waals surface area contributed by atoms with Crippen molar-refractivity contribution in [2.75, 3.05) is 11.9 Å². The van der Waals surface area contributed by atoms with E-state index < -0.39 is 17.7 Å². The lowest BCUT2D eigenvalue weighted by molar-refractivity contribution is -0.119. The predicted molar refractivity (Wildman–Crippen MR) is 45.3 cm³/mol. The van der Waals surface area contributed by atoms with Crippen molar-refractivity contribution in [1.29, 1.82) is 0 Å². The molecule has 0 radical (unpaired) electrons. The maximum absolute atomic E-state index is 12.8. The van der Waals surface area contributed by atoms with Gasteiger partial charge in [0, 0.05) is 0 Å². The standard InChI is InChI=1S/C9H6FNO3/c10-5-1-2-7-6(3-5)9(13)14-4-8(12)11-7/h1-3H,4H2,(H,11,12). The number of carbonyl (C=O) groups excluding carboxylic acids is 2. The maximum atomic E-state index is 12.8. The second-order valence-electron chi connectivity index (χ2n) is 2.81. The number of anilines is 1. The number of halogens is 1. The van der Waals surface area contributed by atoms with Gasteiger partial charge in [-0.1, -0.05) is 0 Å². The maximum Gasteiger partial charge on any atom is 0.340 e. The van der Waals surface area contributed by atoms with Crippen LogP contribution in [0, 0.1) is 5.82 Å². The zero-order valence-corrected chi connectivity index (χ0v) is 7.04. The Labute approximate surface area is 78.7 Å². The molecule has 72 valence electrons. The summed E-state index contributed by atoms with van der Waals surface area (Å²) < 4.78 is 17.4. The number of rotatable bonds is 0. The Hall–Kier alpha value is -1.91. The van der Waals surface area contributed by atoms with Crippen LogP contribution in [0.4, 0.5) is 10.1 Å². The largest absolute Gasteiger partial charge is 0.452 e. The third-order valence-electron chi connectivity index (χ3n) is 1.81. The van der Waals surface area contributed by atoms with Crippen molar-refractivity contribution in [1.82, 2.24) is 0 Å². The fraction of sp³-hybridized carbons (Fsp3) is 0.111. The fourth-order valence-electron chi connectivity index (χ4n) is 1.19. The molecule has 0 saturated carbocycles. The minimum Gasteiger partial charge on any atom is -0.452 e. The van der Waals surface area contributed by atoms with E-state index in [9.17, 15) is 14.0 Å². The monoisotopic (exact) mass is 195 g/mol. The van der Waals surface area contributed by atoms with Crippen LogP contribution in [-0.4, -0.2) is 18.5 Å². The smallest absolute Gasteiger partial charge is 0.340 e. The molecule has 4 nitrogen and oxygen atoms in total. The molecule has 1 aliphatic rings. The summed E-state index contributed by atoms with van der Waals surface area (Å²) in [6.45, 7) is -0.338. The van der Waals surface area contributed by atoms with Crippen LogP contribution >= 0.6 is 0 Å². The highest BCUT2D eigenvalue weighted by Gasteiger charge is 2.20. The second kappa shape index (κ2) is 3.10. The Bertz CT molecular complexity index is 417. The zero-order chi connectivity index (χ0) is 10.1. The number of benzene rings is 1. The third-order valence-corrected chi connectivity index (χ3v) is 1.81. The molecule has 0 unspecified atom stereocenters. The number of carbonyl (C=O) groups is 2. The van der Waals surface area contributed by atoms with Crippen LogP contribution in [0.2, 0.25) is 0 Å². The molecule has 2 rings (SSSR count). The molecule has 1 heterocycles. The van der Waals surface area contributed by atoms with Gasteiger partial charge in [-0.2, -0.15) is 0 Å². The Kier molecular flexibility index (Phi) is 1.92. The first-order chi connectivity index (χ1) is 6.66. The van der Waals surface area contributed by atoms with Crippen LogP contribution in [0.5, 0.6) is 0 Å². The molecule has 0 aliphatic carbocycles. The summed E-state index contributed by atoms with van der Waals surface area (Å²) in [7, 11) is 0. The molecule has 5 heteroatoms. The lowest BCUT2D eigenvalue weighted by Gasteiger charge is -2.02. The molecule has 14 heavy (non-hydrogen) atoms. The molecule has 0 spiro atoms. The molecule has 0 bridgehead atoms. The van der Waals surface area contributed by atoms with E-state index in [0.29, 0.717) is 0 Å². The van der Waals surface area contributed by atoms with Gasteiger partial charge >= 0.3 is 5.97 Å². The van der Waals surface area contributed by atoms with Crippen molar-refractivity contribution in [3.63, 3.8) is 0 Å². The number of amides is 1. The van der Waals surface area contributed by atoms with Crippen molar-refractivity contribution < 1.29 is 18.7 Å².